The number of carbonyl (C=O) groups excluding carboxylic acids is 1. The van der Waals surface area contributed by atoms with E-state index in [1.54, 1.807) is 12.3 Å². The molecular weight excluding hydrogens is 412 g/mol. The van der Waals surface area contributed by atoms with Gasteiger partial charge in [0.2, 0.25) is 0 Å². The molecule has 6 heteroatoms. The number of nitrogens with one attached hydrogen (secondary N) is 2. The molecule has 0 saturated carbocycles. The number of hydrogen-bond donors (Lipinski definition) is 2. The van der Waals surface area contributed by atoms with Crippen molar-refractivity contribution >= 4 is 11.5 Å². The average molecular weight is 441 g/mol. The average Bonchev–Trinajstić information content (AvgIpc) is 3.25. The standard InChI is InChI=1S/C27H28N4O2/c1-4-21(27(32)33-17-20-14-28-15-20)13-23-9-6-8-22(12-11-18(23)2)24-16-29-31-26(24)25-10-5-7-19(3)30-25/h4-13,16,20,28H,2,14-15,17H2,1,3H3,(H,29,31)/b9-6+,12-11-,21-4+,22-8-,23-13-. The van der Waals surface area contributed by atoms with Gasteiger partial charge in [-0.15, -0.1) is 0 Å². The van der Waals surface area contributed by atoms with Crippen molar-refractivity contribution in [3.05, 3.63) is 101 Å². The van der Waals surface area contributed by atoms with Gasteiger partial charge in [-0.2, -0.15) is 5.10 Å². The van der Waals surface area contributed by atoms with E-state index < -0.39 is 0 Å². The van der Waals surface area contributed by atoms with Gasteiger partial charge in [-0.3, -0.25) is 10.1 Å². The fraction of sp³-hybridized carbons (Fsp3) is 0.222. The zero-order valence-electron chi connectivity index (χ0n) is 19.0. The van der Waals surface area contributed by atoms with Crippen LogP contribution in [0.5, 0.6) is 0 Å². The molecule has 33 heavy (non-hydrogen) atoms. The maximum atomic E-state index is 12.5. The van der Waals surface area contributed by atoms with E-state index in [1.165, 1.54) is 0 Å². The second-order valence-electron chi connectivity index (χ2n) is 8.13. The molecule has 1 fully saturated rings. The second-order valence-corrected chi connectivity index (χ2v) is 8.13. The third-order valence-electron chi connectivity index (χ3n) is 5.66. The van der Waals surface area contributed by atoms with E-state index in [0.717, 1.165) is 52.5 Å². The quantitative estimate of drug-likeness (QED) is 0.511. The van der Waals surface area contributed by atoms with Gasteiger partial charge in [0.05, 0.1) is 29.8 Å². The van der Waals surface area contributed by atoms with Crippen LogP contribution in [0.1, 0.15) is 18.2 Å². The van der Waals surface area contributed by atoms with Gasteiger partial charge < -0.3 is 10.1 Å². The van der Waals surface area contributed by atoms with Gasteiger partial charge in [-0.25, -0.2) is 4.79 Å². The number of aromatic amines is 1. The van der Waals surface area contributed by atoms with Crippen molar-refractivity contribution in [3.8, 4) is 11.4 Å². The highest BCUT2D eigenvalue weighted by Crippen LogP contribution is 2.29. The second kappa shape index (κ2) is 10.2. The fourth-order valence-electron chi connectivity index (χ4n) is 3.58. The first-order valence-corrected chi connectivity index (χ1v) is 11.0. The number of nitrogens with zero attached hydrogens (tertiary/aromatic N) is 2. The van der Waals surface area contributed by atoms with Crippen molar-refractivity contribution in [2.75, 3.05) is 19.7 Å². The summed E-state index contributed by atoms with van der Waals surface area (Å²) in [5, 5.41) is 10.5. The molecule has 1 saturated heterocycles. The molecule has 0 unspecified atom stereocenters. The predicted molar refractivity (Wildman–Crippen MR) is 131 cm³/mol. The van der Waals surface area contributed by atoms with Crippen molar-refractivity contribution < 1.29 is 9.53 Å². The third-order valence-corrected chi connectivity index (χ3v) is 5.66. The summed E-state index contributed by atoms with van der Waals surface area (Å²) in [6.07, 6.45) is 15.3. The van der Waals surface area contributed by atoms with E-state index in [-0.39, 0.29) is 5.97 Å². The van der Waals surface area contributed by atoms with Crippen LogP contribution in [0.4, 0.5) is 0 Å². The molecule has 1 aliphatic heterocycles. The minimum absolute atomic E-state index is 0.311. The summed E-state index contributed by atoms with van der Waals surface area (Å²) < 4.78 is 5.47. The summed E-state index contributed by atoms with van der Waals surface area (Å²) in [5.74, 6) is 0.0966. The Morgan fingerprint density at radius 1 is 1.27 bits per heavy atom. The summed E-state index contributed by atoms with van der Waals surface area (Å²) in [4.78, 5) is 17.1. The number of esters is 1. The molecule has 4 rings (SSSR count). The molecule has 0 aromatic carbocycles. The van der Waals surface area contributed by atoms with E-state index in [4.69, 9.17) is 4.74 Å². The number of ether oxygens (including phenoxy) is 1. The van der Waals surface area contributed by atoms with Gasteiger partial charge in [0.15, 0.2) is 0 Å². The maximum Gasteiger partial charge on any atom is 0.337 e. The van der Waals surface area contributed by atoms with Crippen LogP contribution in [0.3, 0.4) is 0 Å². The SMILES string of the molecule is C=C1\C=C/C(c2cn[nH]c2-c2cccc(C)n2)=C/C=C/C1=C/C(=C\C)C(=O)OCC1CNC1. The van der Waals surface area contributed by atoms with E-state index in [1.807, 2.05) is 68.5 Å². The lowest BCUT2D eigenvalue weighted by molar-refractivity contribution is -0.140. The van der Waals surface area contributed by atoms with Gasteiger partial charge in [-0.05, 0) is 48.8 Å². The molecule has 0 bridgehead atoms. The number of allylic oxidation sites excluding steroid dienone is 9. The van der Waals surface area contributed by atoms with Crippen LogP contribution < -0.4 is 5.32 Å². The molecule has 0 radical (unpaired) electrons. The Kier molecular flexibility index (Phi) is 6.95. The topological polar surface area (TPSA) is 79.9 Å². The largest absolute Gasteiger partial charge is 0.462 e. The van der Waals surface area contributed by atoms with Gasteiger partial charge >= 0.3 is 5.97 Å². The Morgan fingerprint density at radius 3 is 2.85 bits per heavy atom. The molecule has 0 amide bonds. The third kappa shape index (κ3) is 5.35. The normalized spacial score (nSPS) is 21.5. The van der Waals surface area contributed by atoms with Gasteiger partial charge in [0, 0.05) is 30.3 Å². The van der Waals surface area contributed by atoms with Crippen LogP contribution in [0.15, 0.2) is 90.2 Å². The Balaban J connectivity index is 1.55. The first-order chi connectivity index (χ1) is 16.0. The maximum absolute atomic E-state index is 12.5. The molecule has 168 valence electrons. The van der Waals surface area contributed by atoms with Crippen molar-refractivity contribution in [2.24, 2.45) is 5.92 Å². The van der Waals surface area contributed by atoms with Crippen molar-refractivity contribution in [3.63, 3.8) is 0 Å². The van der Waals surface area contributed by atoms with Crippen LogP contribution in [0.2, 0.25) is 0 Å². The molecule has 2 aromatic heterocycles. The van der Waals surface area contributed by atoms with E-state index in [9.17, 15) is 4.79 Å². The summed E-state index contributed by atoms with van der Waals surface area (Å²) in [7, 11) is 0. The van der Waals surface area contributed by atoms with Crippen LogP contribution >= 0.6 is 0 Å². The molecule has 0 atom stereocenters. The zero-order valence-corrected chi connectivity index (χ0v) is 19.0. The minimum atomic E-state index is -0.311. The first-order valence-electron chi connectivity index (χ1n) is 11.0. The summed E-state index contributed by atoms with van der Waals surface area (Å²) >= 11 is 0. The molecule has 3 heterocycles. The summed E-state index contributed by atoms with van der Waals surface area (Å²) in [6.45, 7) is 10.2. The Morgan fingerprint density at radius 2 is 2.12 bits per heavy atom. The van der Waals surface area contributed by atoms with Crippen LogP contribution in [-0.2, 0) is 9.53 Å². The molecule has 2 N–H and O–H groups in total. The lowest BCUT2D eigenvalue weighted by atomic mass is 9.97. The Labute approximate surface area is 194 Å². The van der Waals surface area contributed by atoms with Crippen molar-refractivity contribution in [1.29, 1.82) is 0 Å². The number of aromatic nitrogens is 3. The van der Waals surface area contributed by atoms with Crippen LogP contribution in [0.25, 0.3) is 17.0 Å². The molecular formula is C27H28N4O2. The number of carbonyl (C=O) groups is 1. The van der Waals surface area contributed by atoms with E-state index in [0.29, 0.717) is 18.1 Å². The van der Waals surface area contributed by atoms with Gasteiger partial charge in [-0.1, -0.05) is 49.1 Å². The smallest absolute Gasteiger partial charge is 0.337 e. The molecule has 0 spiro atoms. The first kappa shape index (κ1) is 22.4. The zero-order chi connectivity index (χ0) is 23.2. The van der Waals surface area contributed by atoms with Gasteiger partial charge in [0.1, 0.15) is 0 Å². The highest BCUT2D eigenvalue weighted by molar-refractivity contribution is 5.92. The van der Waals surface area contributed by atoms with Gasteiger partial charge in [0.25, 0.3) is 0 Å². The van der Waals surface area contributed by atoms with Crippen molar-refractivity contribution in [1.82, 2.24) is 20.5 Å². The van der Waals surface area contributed by atoms with Crippen LogP contribution in [0, 0.1) is 12.8 Å². The molecule has 2 aliphatic rings. The van der Waals surface area contributed by atoms with Crippen molar-refractivity contribution in [2.45, 2.75) is 13.8 Å². The Hall–Kier alpha value is -3.77. The van der Waals surface area contributed by atoms with E-state index in [2.05, 4.69) is 27.1 Å². The summed E-state index contributed by atoms with van der Waals surface area (Å²) in [5.41, 5.74) is 6.76. The molecule has 6 nitrogen and oxygen atoms in total. The number of rotatable bonds is 6. The predicted octanol–water partition coefficient (Wildman–Crippen LogP) is 4.48. The highest BCUT2D eigenvalue weighted by Gasteiger charge is 2.19. The number of pyridine rings is 1. The minimum Gasteiger partial charge on any atom is -0.462 e. The lowest BCUT2D eigenvalue weighted by Crippen LogP contribution is -2.44. The van der Waals surface area contributed by atoms with E-state index >= 15 is 0 Å². The number of H-pyrrole nitrogens is 1. The Bertz CT molecular complexity index is 1210. The fourth-order valence-corrected chi connectivity index (χ4v) is 3.58. The number of hydrogen-bond acceptors (Lipinski definition) is 5. The van der Waals surface area contributed by atoms with Crippen LogP contribution in [-0.4, -0.2) is 40.8 Å². The summed E-state index contributed by atoms with van der Waals surface area (Å²) in [6, 6.07) is 5.91. The lowest BCUT2D eigenvalue weighted by Gasteiger charge is -2.26. The monoisotopic (exact) mass is 440 g/mol. The molecule has 2 aromatic rings. The number of aryl methyl sites for hydroxylation is 1. The molecule has 1 aliphatic carbocycles. The highest BCUT2D eigenvalue weighted by atomic mass is 16.5.